The van der Waals surface area contributed by atoms with Gasteiger partial charge in [0.15, 0.2) is 5.13 Å². The number of halogens is 1. The van der Waals surface area contributed by atoms with Crippen LogP contribution in [0, 0.1) is 26.7 Å². The number of carbonyl (C=O) groups excluding carboxylic acids is 1. The van der Waals surface area contributed by atoms with Gasteiger partial charge in [-0.15, -0.1) is 0 Å². The van der Waals surface area contributed by atoms with Crippen LogP contribution in [0.5, 0.6) is 0 Å². The highest BCUT2D eigenvalue weighted by Crippen LogP contribution is 2.34. The van der Waals surface area contributed by atoms with Gasteiger partial charge in [-0.25, -0.2) is 13.4 Å². The Balaban J connectivity index is 1.46. The first-order valence-corrected chi connectivity index (χ1v) is 15.7. The molecular formula is C28H32ClN5O3S2. The number of hydrogen-bond acceptors (Lipinski definition) is 6. The van der Waals surface area contributed by atoms with Crippen molar-refractivity contribution < 1.29 is 13.2 Å². The van der Waals surface area contributed by atoms with Crippen molar-refractivity contribution in [3.63, 3.8) is 0 Å². The summed E-state index contributed by atoms with van der Waals surface area (Å²) in [5.74, 6) is 0.0763. The Morgan fingerprint density at radius 2 is 1.90 bits per heavy atom. The normalized spacial score (nSPS) is 16.6. The fraction of sp³-hybridized carbons (Fsp3) is 0.393. The molecule has 1 fully saturated rings. The summed E-state index contributed by atoms with van der Waals surface area (Å²) >= 11 is 7.76. The van der Waals surface area contributed by atoms with E-state index in [0.29, 0.717) is 47.8 Å². The van der Waals surface area contributed by atoms with E-state index in [4.69, 9.17) is 16.6 Å². The molecule has 1 amide bonds. The van der Waals surface area contributed by atoms with E-state index < -0.39 is 10.0 Å². The topological polar surface area (TPSA) is 88.4 Å². The zero-order valence-electron chi connectivity index (χ0n) is 22.5. The predicted octanol–water partition coefficient (Wildman–Crippen LogP) is 5.84. The maximum Gasteiger partial charge on any atom is 0.260 e. The molecule has 0 spiro atoms. The number of fused-ring (bicyclic) bond motifs is 1. The molecule has 206 valence electrons. The lowest BCUT2D eigenvalue weighted by Gasteiger charge is -2.30. The number of piperidine rings is 1. The molecule has 4 aromatic rings. The first-order valence-electron chi connectivity index (χ1n) is 13.0. The van der Waals surface area contributed by atoms with Crippen molar-refractivity contribution in [3.8, 4) is 0 Å². The molecule has 0 saturated carbocycles. The maximum absolute atomic E-state index is 13.9. The monoisotopic (exact) mass is 585 g/mol. The Bertz CT molecular complexity index is 1630. The minimum absolute atomic E-state index is 0.201. The largest absolute Gasteiger partial charge is 0.282 e. The van der Waals surface area contributed by atoms with Gasteiger partial charge in [0.2, 0.25) is 10.0 Å². The summed E-state index contributed by atoms with van der Waals surface area (Å²) in [5.41, 5.74) is 3.94. The van der Waals surface area contributed by atoms with E-state index in [1.165, 1.54) is 23.5 Å². The van der Waals surface area contributed by atoms with Crippen LogP contribution in [-0.4, -0.2) is 53.0 Å². The van der Waals surface area contributed by atoms with E-state index in [-0.39, 0.29) is 10.8 Å². The number of aryl methyl sites for hydroxylation is 3. The van der Waals surface area contributed by atoms with E-state index in [2.05, 4.69) is 12.0 Å². The zero-order valence-corrected chi connectivity index (χ0v) is 24.9. The first kappa shape index (κ1) is 27.8. The smallest absolute Gasteiger partial charge is 0.260 e. The highest BCUT2D eigenvalue weighted by atomic mass is 35.5. The number of aromatic nitrogens is 3. The van der Waals surface area contributed by atoms with E-state index in [0.717, 1.165) is 40.0 Å². The van der Waals surface area contributed by atoms with Gasteiger partial charge < -0.3 is 0 Å². The minimum Gasteiger partial charge on any atom is -0.282 e. The van der Waals surface area contributed by atoms with Crippen molar-refractivity contribution in [1.82, 2.24) is 19.1 Å². The van der Waals surface area contributed by atoms with Crippen LogP contribution in [0.4, 0.5) is 5.13 Å². The number of anilines is 1. The van der Waals surface area contributed by atoms with Gasteiger partial charge >= 0.3 is 0 Å². The van der Waals surface area contributed by atoms with E-state index >= 15 is 0 Å². The van der Waals surface area contributed by atoms with Crippen molar-refractivity contribution in [2.75, 3.05) is 24.5 Å². The molecule has 2 aromatic heterocycles. The average molecular weight is 586 g/mol. The third-order valence-corrected chi connectivity index (χ3v) is 10.5. The molecule has 11 heteroatoms. The van der Waals surface area contributed by atoms with Crippen molar-refractivity contribution in [2.45, 2.75) is 52.0 Å². The quantitative estimate of drug-likeness (QED) is 0.272. The van der Waals surface area contributed by atoms with Crippen molar-refractivity contribution >= 4 is 54.2 Å². The number of hydrogen-bond donors (Lipinski definition) is 0. The Morgan fingerprint density at radius 1 is 1.15 bits per heavy atom. The van der Waals surface area contributed by atoms with Crippen LogP contribution < -0.4 is 4.90 Å². The summed E-state index contributed by atoms with van der Waals surface area (Å²) in [6.07, 6.45) is 1.89. The number of benzene rings is 2. The fourth-order valence-corrected chi connectivity index (χ4v) is 7.82. The van der Waals surface area contributed by atoms with Crippen molar-refractivity contribution in [2.24, 2.45) is 5.92 Å². The van der Waals surface area contributed by atoms with Crippen LogP contribution >= 0.6 is 22.9 Å². The predicted molar refractivity (Wildman–Crippen MR) is 156 cm³/mol. The van der Waals surface area contributed by atoms with E-state index in [1.807, 2.05) is 43.7 Å². The fourth-order valence-electron chi connectivity index (χ4n) is 5.02. The van der Waals surface area contributed by atoms with Crippen LogP contribution in [0.2, 0.25) is 5.02 Å². The summed E-state index contributed by atoms with van der Waals surface area (Å²) in [6, 6.07) is 12.0. The Hall–Kier alpha value is -2.79. The number of thiazole rings is 1. The summed E-state index contributed by atoms with van der Waals surface area (Å²) in [7, 11) is -3.61. The van der Waals surface area contributed by atoms with Gasteiger partial charge in [-0.05, 0) is 87.6 Å². The van der Waals surface area contributed by atoms with Gasteiger partial charge in [0, 0.05) is 35.9 Å². The number of rotatable bonds is 7. The molecule has 1 saturated heterocycles. The summed E-state index contributed by atoms with van der Waals surface area (Å²) < 4.78 is 30.8. The van der Waals surface area contributed by atoms with Gasteiger partial charge in [0.25, 0.3) is 5.91 Å². The molecule has 1 aliphatic rings. The van der Waals surface area contributed by atoms with E-state index in [9.17, 15) is 13.2 Å². The molecule has 0 bridgehead atoms. The molecule has 8 nitrogen and oxygen atoms in total. The number of carbonyl (C=O) groups is 1. The van der Waals surface area contributed by atoms with Gasteiger partial charge in [-0.3, -0.25) is 14.4 Å². The lowest BCUT2D eigenvalue weighted by Crippen LogP contribution is -2.39. The summed E-state index contributed by atoms with van der Waals surface area (Å²) in [6.45, 7) is 9.78. The Morgan fingerprint density at radius 3 is 2.56 bits per heavy atom. The third-order valence-electron chi connectivity index (χ3n) is 7.21. The second-order valence-electron chi connectivity index (χ2n) is 10.3. The van der Waals surface area contributed by atoms with Crippen LogP contribution in [-0.2, 0) is 16.6 Å². The lowest BCUT2D eigenvalue weighted by molar-refractivity contribution is 0.0985. The number of nitrogens with zero attached hydrogens (tertiary/aromatic N) is 5. The number of sulfonamides is 1. The van der Waals surface area contributed by atoms with Crippen molar-refractivity contribution in [3.05, 3.63) is 70.0 Å². The minimum atomic E-state index is -3.61. The first-order chi connectivity index (χ1) is 18.5. The standard InChI is InChI=1S/C28H32ClN5O3S2/c1-18-6-5-13-32(17-18)39(36,37)23-9-7-22(8-10-23)27(35)33(14-15-34-20(3)16-19(2)31-34)28-30-26-21(4)24(29)11-12-25(26)38-28/h7-12,16,18H,5-6,13-15,17H2,1-4H3. The molecule has 2 aromatic carbocycles. The Labute approximate surface area is 238 Å². The van der Waals surface area contributed by atoms with Crippen LogP contribution in [0.1, 0.15) is 47.1 Å². The second-order valence-corrected chi connectivity index (χ2v) is 13.6. The van der Waals surface area contributed by atoms with Crippen molar-refractivity contribution in [1.29, 1.82) is 0 Å². The molecule has 0 N–H and O–H groups in total. The molecular weight excluding hydrogens is 554 g/mol. The third kappa shape index (κ3) is 5.61. The lowest BCUT2D eigenvalue weighted by atomic mass is 10.0. The molecule has 1 unspecified atom stereocenters. The zero-order chi connectivity index (χ0) is 27.9. The second kappa shape index (κ2) is 11.0. The molecule has 39 heavy (non-hydrogen) atoms. The number of amides is 1. The van der Waals surface area contributed by atoms with Crippen LogP contribution in [0.15, 0.2) is 47.4 Å². The highest BCUT2D eigenvalue weighted by molar-refractivity contribution is 7.89. The molecule has 5 rings (SSSR count). The molecule has 1 aliphatic heterocycles. The van der Waals surface area contributed by atoms with Gasteiger partial charge in [0.1, 0.15) is 0 Å². The van der Waals surface area contributed by atoms with Gasteiger partial charge in [-0.1, -0.05) is 29.9 Å². The SMILES string of the molecule is Cc1cc(C)n(CCN(C(=O)c2ccc(S(=O)(=O)N3CCCC(C)C3)cc2)c2nc3c(C)c(Cl)ccc3s2)n1. The molecule has 1 atom stereocenters. The maximum atomic E-state index is 13.9. The summed E-state index contributed by atoms with van der Waals surface area (Å²) in [4.78, 5) is 20.5. The molecule has 0 radical (unpaired) electrons. The molecule has 0 aliphatic carbocycles. The highest BCUT2D eigenvalue weighted by Gasteiger charge is 2.29. The average Bonchev–Trinajstić information content (AvgIpc) is 3.49. The van der Waals surface area contributed by atoms with Crippen LogP contribution in [0.25, 0.3) is 10.2 Å². The van der Waals surface area contributed by atoms with Crippen LogP contribution in [0.3, 0.4) is 0 Å². The Kier molecular flexibility index (Phi) is 7.83. The molecule has 3 heterocycles. The van der Waals surface area contributed by atoms with Gasteiger partial charge in [0.05, 0.1) is 27.4 Å². The van der Waals surface area contributed by atoms with Gasteiger partial charge in [-0.2, -0.15) is 9.40 Å². The van der Waals surface area contributed by atoms with E-state index in [1.54, 1.807) is 21.3 Å². The summed E-state index contributed by atoms with van der Waals surface area (Å²) in [5, 5.41) is 5.72.